The number of carbonyl (C=O) groups is 2. The number of aliphatic carboxylic acids is 2. The number of rotatable bonds is 14. The normalized spacial score (nSPS) is 11.5. The van der Waals surface area contributed by atoms with Crippen molar-refractivity contribution in [2.45, 2.75) is 25.8 Å². The van der Waals surface area contributed by atoms with E-state index in [2.05, 4.69) is 0 Å². The van der Waals surface area contributed by atoms with Crippen molar-refractivity contribution >= 4 is 35.0 Å². The number of halogens is 3. The SMILES string of the molecule is O=C(O)CCCc1cn(CC(=O)O)c2c(/C=C/c3ccc(OC/C=C/COc4cccc(F)c4F)cc3)cc(F)cc12. The predicted molar refractivity (Wildman–Crippen MR) is 152 cm³/mol. The highest BCUT2D eigenvalue weighted by atomic mass is 19.2. The molecule has 0 amide bonds. The molecule has 4 aromatic rings. The Morgan fingerprint density at radius 3 is 2.33 bits per heavy atom. The number of carboxylic acids is 2. The van der Waals surface area contributed by atoms with Crippen molar-refractivity contribution in [1.29, 1.82) is 0 Å². The minimum Gasteiger partial charge on any atom is -0.490 e. The monoisotopic (exact) mass is 579 g/mol. The number of carboxylic acid groups (broad SMARTS) is 2. The van der Waals surface area contributed by atoms with E-state index in [4.69, 9.17) is 14.6 Å². The fraction of sp³-hybridized carbons (Fsp3) is 0.188. The topological polar surface area (TPSA) is 98.0 Å². The molecule has 0 spiro atoms. The predicted octanol–water partition coefficient (Wildman–Crippen LogP) is 6.73. The molecule has 0 aliphatic carbocycles. The van der Waals surface area contributed by atoms with Gasteiger partial charge in [-0.3, -0.25) is 9.59 Å². The number of benzene rings is 3. The lowest BCUT2D eigenvalue weighted by Gasteiger charge is -2.06. The van der Waals surface area contributed by atoms with Crippen LogP contribution >= 0.6 is 0 Å². The number of fused-ring (bicyclic) bond motifs is 1. The molecule has 0 aliphatic rings. The zero-order chi connectivity index (χ0) is 30.1. The summed E-state index contributed by atoms with van der Waals surface area (Å²) >= 11 is 0. The van der Waals surface area contributed by atoms with Gasteiger partial charge in [0.2, 0.25) is 5.82 Å². The molecule has 0 fully saturated rings. The number of aryl methyl sites for hydroxylation is 1. The van der Waals surface area contributed by atoms with Crippen LogP contribution in [0.1, 0.15) is 29.5 Å². The Hall–Kier alpha value is -4.99. The Balaban J connectivity index is 1.41. The van der Waals surface area contributed by atoms with Crippen LogP contribution in [0.15, 0.2) is 72.9 Å². The summed E-state index contributed by atoms with van der Waals surface area (Å²) in [5.74, 6) is -4.08. The van der Waals surface area contributed by atoms with Gasteiger partial charge in [-0.05, 0) is 72.5 Å². The molecule has 0 bridgehead atoms. The van der Waals surface area contributed by atoms with Gasteiger partial charge in [-0.25, -0.2) is 8.78 Å². The molecule has 10 heteroatoms. The van der Waals surface area contributed by atoms with Crippen LogP contribution in [-0.2, 0) is 22.6 Å². The number of aromatic nitrogens is 1. The van der Waals surface area contributed by atoms with E-state index in [0.717, 1.165) is 11.6 Å². The minimum atomic E-state index is -1.05. The standard InChI is InChI=1S/C32H28F3NO6/c33-24-17-22(32-26(18-24)23(5-3-8-29(37)38)19-36(32)20-30(39)40)12-9-21-10-13-25(14-11-21)41-15-1-2-16-42-28-7-4-6-27(34)31(28)35/h1-2,4,6-7,9-14,17-19H,3,5,8,15-16,20H2,(H,37,38)(H,39,40)/b2-1+,12-9+. The first-order valence-corrected chi connectivity index (χ1v) is 13.1. The smallest absolute Gasteiger partial charge is 0.323 e. The Morgan fingerprint density at radius 1 is 0.881 bits per heavy atom. The van der Waals surface area contributed by atoms with Crippen LogP contribution in [0.3, 0.4) is 0 Å². The molecule has 0 saturated carbocycles. The van der Waals surface area contributed by atoms with Gasteiger partial charge in [0, 0.05) is 23.6 Å². The molecule has 0 aliphatic heterocycles. The summed E-state index contributed by atoms with van der Waals surface area (Å²) in [7, 11) is 0. The Morgan fingerprint density at radius 2 is 1.62 bits per heavy atom. The highest BCUT2D eigenvalue weighted by Gasteiger charge is 2.15. The lowest BCUT2D eigenvalue weighted by molar-refractivity contribution is -0.138. The quantitative estimate of drug-likeness (QED) is 0.127. The van der Waals surface area contributed by atoms with Gasteiger partial charge in [0.05, 0.1) is 5.52 Å². The third-order valence-electron chi connectivity index (χ3n) is 6.29. The number of hydrogen-bond acceptors (Lipinski definition) is 4. The van der Waals surface area contributed by atoms with Crippen molar-refractivity contribution < 1.29 is 42.4 Å². The van der Waals surface area contributed by atoms with Crippen molar-refractivity contribution in [3.05, 3.63) is 107 Å². The molecular weight excluding hydrogens is 551 g/mol. The highest BCUT2D eigenvalue weighted by Crippen LogP contribution is 2.29. The van der Waals surface area contributed by atoms with Crippen LogP contribution in [0.5, 0.6) is 11.5 Å². The molecule has 4 rings (SSSR count). The number of ether oxygens (including phenoxy) is 2. The van der Waals surface area contributed by atoms with E-state index < -0.39 is 29.4 Å². The molecular formula is C32H28F3NO6. The van der Waals surface area contributed by atoms with Crippen LogP contribution in [0.2, 0.25) is 0 Å². The molecule has 218 valence electrons. The first-order chi connectivity index (χ1) is 20.2. The molecule has 0 saturated heterocycles. The number of hydrogen-bond donors (Lipinski definition) is 2. The van der Waals surface area contributed by atoms with Gasteiger partial charge >= 0.3 is 11.9 Å². The van der Waals surface area contributed by atoms with E-state index in [9.17, 15) is 27.9 Å². The van der Waals surface area contributed by atoms with E-state index in [1.165, 1.54) is 28.8 Å². The van der Waals surface area contributed by atoms with E-state index in [-0.39, 0.29) is 31.9 Å². The Kier molecular flexibility index (Phi) is 10.0. The maximum absolute atomic E-state index is 14.6. The van der Waals surface area contributed by atoms with Crippen LogP contribution in [0, 0.1) is 17.5 Å². The molecule has 42 heavy (non-hydrogen) atoms. The first kappa shape index (κ1) is 30.0. The summed E-state index contributed by atoms with van der Waals surface area (Å²) in [5.41, 5.74) is 2.52. The van der Waals surface area contributed by atoms with Gasteiger partial charge in [0.15, 0.2) is 11.6 Å². The second kappa shape index (κ2) is 14.1. The minimum absolute atomic E-state index is 0.0422. The van der Waals surface area contributed by atoms with Crippen LogP contribution in [0.4, 0.5) is 13.2 Å². The summed E-state index contributed by atoms with van der Waals surface area (Å²) in [4.78, 5) is 22.4. The van der Waals surface area contributed by atoms with Crippen LogP contribution < -0.4 is 9.47 Å². The molecule has 2 N–H and O–H groups in total. The van der Waals surface area contributed by atoms with Gasteiger partial charge in [-0.2, -0.15) is 4.39 Å². The zero-order valence-electron chi connectivity index (χ0n) is 22.4. The maximum atomic E-state index is 14.6. The van der Waals surface area contributed by atoms with Crippen LogP contribution in [0.25, 0.3) is 23.1 Å². The Labute approximate surface area is 239 Å². The molecule has 0 radical (unpaired) electrons. The fourth-order valence-electron chi connectivity index (χ4n) is 4.41. The van der Waals surface area contributed by atoms with Crippen molar-refractivity contribution in [3.63, 3.8) is 0 Å². The van der Waals surface area contributed by atoms with Crippen molar-refractivity contribution in [3.8, 4) is 11.5 Å². The third-order valence-corrected chi connectivity index (χ3v) is 6.29. The van der Waals surface area contributed by atoms with Crippen molar-refractivity contribution in [2.24, 2.45) is 0 Å². The molecule has 7 nitrogen and oxygen atoms in total. The highest BCUT2D eigenvalue weighted by molar-refractivity contribution is 5.94. The van der Waals surface area contributed by atoms with E-state index in [0.29, 0.717) is 40.6 Å². The fourth-order valence-corrected chi connectivity index (χ4v) is 4.41. The van der Waals surface area contributed by atoms with Crippen molar-refractivity contribution in [1.82, 2.24) is 4.57 Å². The molecule has 0 unspecified atom stereocenters. The van der Waals surface area contributed by atoms with Crippen molar-refractivity contribution in [2.75, 3.05) is 13.2 Å². The lowest BCUT2D eigenvalue weighted by Crippen LogP contribution is -2.08. The summed E-state index contributed by atoms with van der Waals surface area (Å²) < 4.78 is 53.8. The summed E-state index contributed by atoms with van der Waals surface area (Å²) in [6.07, 6.45) is 9.09. The van der Waals surface area contributed by atoms with Gasteiger partial charge in [0.25, 0.3) is 0 Å². The number of nitrogens with zero attached hydrogens (tertiary/aromatic N) is 1. The molecule has 3 aromatic carbocycles. The van der Waals surface area contributed by atoms with Gasteiger partial charge < -0.3 is 24.3 Å². The maximum Gasteiger partial charge on any atom is 0.323 e. The van der Waals surface area contributed by atoms with E-state index >= 15 is 0 Å². The Bertz CT molecular complexity index is 1630. The average molecular weight is 580 g/mol. The molecule has 1 heterocycles. The summed E-state index contributed by atoms with van der Waals surface area (Å²) in [6, 6.07) is 13.5. The third kappa shape index (κ3) is 8.03. The first-order valence-electron chi connectivity index (χ1n) is 13.1. The summed E-state index contributed by atoms with van der Waals surface area (Å²) in [5, 5.41) is 18.9. The lowest BCUT2D eigenvalue weighted by atomic mass is 10.0. The van der Waals surface area contributed by atoms with Gasteiger partial charge in [-0.1, -0.05) is 30.4 Å². The second-order valence-corrected chi connectivity index (χ2v) is 9.36. The van der Waals surface area contributed by atoms with Gasteiger partial charge in [0.1, 0.15) is 31.3 Å². The second-order valence-electron chi connectivity index (χ2n) is 9.36. The van der Waals surface area contributed by atoms with E-state index in [1.54, 1.807) is 54.8 Å². The largest absolute Gasteiger partial charge is 0.490 e. The zero-order valence-corrected chi connectivity index (χ0v) is 22.4. The van der Waals surface area contributed by atoms with E-state index in [1.807, 2.05) is 0 Å². The van der Waals surface area contributed by atoms with Crippen LogP contribution in [-0.4, -0.2) is 39.9 Å². The summed E-state index contributed by atoms with van der Waals surface area (Å²) in [6.45, 7) is -0.0580. The molecule has 1 aromatic heterocycles. The molecule has 0 atom stereocenters. The van der Waals surface area contributed by atoms with Gasteiger partial charge in [-0.15, -0.1) is 0 Å². The average Bonchev–Trinajstić information content (AvgIpc) is 3.28.